The van der Waals surface area contributed by atoms with Crippen molar-refractivity contribution in [1.29, 1.82) is 0 Å². The third-order valence-corrected chi connectivity index (χ3v) is 1.89. The number of likely N-dealkylation sites (N-methyl/N-ethyl adjacent to an activating group) is 1. The molecule has 94 valence electrons. The molecule has 0 heterocycles. The van der Waals surface area contributed by atoms with Crippen LogP contribution in [0.1, 0.15) is 20.8 Å². The number of rotatable bonds is 7. The number of carbonyl (C=O) groups excluding carboxylic acids is 2. The van der Waals surface area contributed by atoms with Crippen molar-refractivity contribution in [2.24, 2.45) is 5.92 Å². The van der Waals surface area contributed by atoms with Gasteiger partial charge in [-0.25, -0.2) is 0 Å². The first-order valence-electron chi connectivity index (χ1n) is 5.59. The average Bonchev–Trinajstić information content (AvgIpc) is 2.16. The van der Waals surface area contributed by atoms with Gasteiger partial charge in [0, 0.05) is 6.54 Å². The zero-order valence-corrected chi connectivity index (χ0v) is 10.6. The minimum atomic E-state index is -0.354. The maximum atomic E-state index is 11.7. The summed E-state index contributed by atoms with van der Waals surface area (Å²) in [5.41, 5.74) is 0. The number of hydrogen-bond acceptors (Lipinski definition) is 4. The minimum absolute atomic E-state index is 0.0343. The van der Waals surface area contributed by atoms with Gasteiger partial charge in [-0.05, 0) is 19.9 Å². The summed E-state index contributed by atoms with van der Waals surface area (Å²) >= 11 is 0. The zero-order chi connectivity index (χ0) is 12.6. The van der Waals surface area contributed by atoms with Gasteiger partial charge in [-0.15, -0.1) is 0 Å². The Bertz CT molecular complexity index is 229. The summed E-state index contributed by atoms with van der Waals surface area (Å²) in [5.74, 6) is -0.105. The first-order chi connectivity index (χ1) is 7.51. The van der Waals surface area contributed by atoms with Crippen molar-refractivity contribution < 1.29 is 14.3 Å². The lowest BCUT2D eigenvalue weighted by molar-refractivity contribution is -0.149. The number of carbonyl (C=O) groups is 2. The molecule has 5 heteroatoms. The van der Waals surface area contributed by atoms with Crippen LogP contribution in [0.25, 0.3) is 0 Å². The largest absolute Gasteiger partial charge is 0.465 e. The molecule has 0 aromatic heterocycles. The van der Waals surface area contributed by atoms with E-state index in [2.05, 4.69) is 5.32 Å². The average molecular weight is 230 g/mol. The van der Waals surface area contributed by atoms with Gasteiger partial charge >= 0.3 is 5.97 Å². The van der Waals surface area contributed by atoms with E-state index in [-0.39, 0.29) is 25.0 Å². The van der Waals surface area contributed by atoms with E-state index >= 15 is 0 Å². The van der Waals surface area contributed by atoms with Crippen molar-refractivity contribution >= 4 is 11.9 Å². The molecule has 0 fully saturated rings. The molecule has 0 aliphatic carbocycles. The maximum absolute atomic E-state index is 11.7. The minimum Gasteiger partial charge on any atom is -0.465 e. The van der Waals surface area contributed by atoms with Gasteiger partial charge < -0.3 is 15.0 Å². The Morgan fingerprint density at radius 3 is 2.44 bits per heavy atom. The summed E-state index contributed by atoms with van der Waals surface area (Å²) in [6.07, 6.45) is 0. The van der Waals surface area contributed by atoms with Crippen LogP contribution >= 0.6 is 0 Å². The Balaban J connectivity index is 4.30. The first-order valence-corrected chi connectivity index (χ1v) is 5.59. The number of amides is 1. The normalized spacial score (nSPS) is 10.3. The third kappa shape index (κ3) is 6.40. The smallest absolute Gasteiger partial charge is 0.325 e. The van der Waals surface area contributed by atoms with E-state index in [1.807, 2.05) is 13.8 Å². The van der Waals surface area contributed by atoms with Crippen LogP contribution in [0.15, 0.2) is 0 Å². The molecule has 5 nitrogen and oxygen atoms in total. The molecule has 0 unspecified atom stereocenters. The van der Waals surface area contributed by atoms with E-state index in [0.29, 0.717) is 19.1 Å². The van der Waals surface area contributed by atoms with Gasteiger partial charge in [-0.3, -0.25) is 9.59 Å². The molecule has 0 saturated carbocycles. The topological polar surface area (TPSA) is 58.6 Å². The van der Waals surface area contributed by atoms with Crippen molar-refractivity contribution in [2.75, 3.05) is 33.3 Å². The molecule has 0 aromatic carbocycles. The molecule has 16 heavy (non-hydrogen) atoms. The van der Waals surface area contributed by atoms with Gasteiger partial charge in [0.05, 0.1) is 13.2 Å². The summed E-state index contributed by atoms with van der Waals surface area (Å²) in [4.78, 5) is 24.5. The summed E-state index contributed by atoms with van der Waals surface area (Å²) in [5, 5.41) is 2.78. The zero-order valence-electron chi connectivity index (χ0n) is 10.6. The van der Waals surface area contributed by atoms with Gasteiger partial charge in [-0.2, -0.15) is 0 Å². The molecule has 0 rings (SSSR count). The van der Waals surface area contributed by atoms with Gasteiger partial charge in [0.25, 0.3) is 0 Å². The predicted octanol–water partition coefficient (Wildman–Crippen LogP) is 0.254. The van der Waals surface area contributed by atoms with Crippen LogP contribution in [0.2, 0.25) is 0 Å². The highest BCUT2D eigenvalue weighted by Gasteiger charge is 2.17. The molecule has 0 radical (unpaired) electrons. The quantitative estimate of drug-likeness (QED) is 0.637. The number of ether oxygens (including phenoxy) is 1. The second-order valence-electron chi connectivity index (χ2n) is 4.00. The van der Waals surface area contributed by atoms with Gasteiger partial charge in [-0.1, -0.05) is 13.8 Å². The lowest BCUT2D eigenvalue weighted by Crippen LogP contribution is -2.42. The summed E-state index contributed by atoms with van der Waals surface area (Å²) in [6, 6.07) is 0. The van der Waals surface area contributed by atoms with Crippen molar-refractivity contribution in [2.45, 2.75) is 20.8 Å². The number of nitrogens with zero attached hydrogens (tertiary/aromatic N) is 1. The van der Waals surface area contributed by atoms with Crippen LogP contribution in [0.3, 0.4) is 0 Å². The summed E-state index contributed by atoms with van der Waals surface area (Å²) in [6.45, 7) is 6.95. The van der Waals surface area contributed by atoms with E-state index < -0.39 is 0 Å². The standard InChI is InChI=1S/C11H22N2O3/c1-5-16-11(15)8-13(7-9(2)3)10(14)6-12-4/h9,12H,5-8H2,1-4H3. The third-order valence-electron chi connectivity index (χ3n) is 1.89. The van der Waals surface area contributed by atoms with E-state index in [1.54, 1.807) is 14.0 Å². The Labute approximate surface area is 97.1 Å². The fourth-order valence-corrected chi connectivity index (χ4v) is 1.32. The predicted molar refractivity (Wildman–Crippen MR) is 62.0 cm³/mol. The fourth-order valence-electron chi connectivity index (χ4n) is 1.32. The lowest BCUT2D eigenvalue weighted by Gasteiger charge is -2.23. The van der Waals surface area contributed by atoms with Crippen LogP contribution in [0.5, 0.6) is 0 Å². The van der Waals surface area contributed by atoms with Crippen molar-refractivity contribution in [3.8, 4) is 0 Å². The van der Waals surface area contributed by atoms with Gasteiger partial charge in [0.1, 0.15) is 6.54 Å². The summed E-state index contributed by atoms with van der Waals surface area (Å²) < 4.78 is 4.83. The number of esters is 1. The molecular weight excluding hydrogens is 208 g/mol. The van der Waals surface area contributed by atoms with E-state index in [1.165, 1.54) is 4.90 Å². The molecule has 0 aliphatic rings. The maximum Gasteiger partial charge on any atom is 0.325 e. The first kappa shape index (κ1) is 14.9. The molecule has 1 N–H and O–H groups in total. The second-order valence-corrected chi connectivity index (χ2v) is 4.00. The van der Waals surface area contributed by atoms with Crippen LogP contribution in [0, 0.1) is 5.92 Å². The number of nitrogens with one attached hydrogen (secondary N) is 1. The molecule has 0 atom stereocenters. The highest BCUT2D eigenvalue weighted by molar-refractivity contribution is 5.83. The Morgan fingerprint density at radius 2 is 2.00 bits per heavy atom. The van der Waals surface area contributed by atoms with Crippen molar-refractivity contribution in [1.82, 2.24) is 10.2 Å². The summed E-state index contributed by atoms with van der Waals surface area (Å²) in [7, 11) is 1.70. The monoisotopic (exact) mass is 230 g/mol. The molecule has 0 aliphatic heterocycles. The molecule has 0 spiro atoms. The Kier molecular flexibility index (Phi) is 7.54. The van der Waals surface area contributed by atoms with Gasteiger partial charge in [0.2, 0.25) is 5.91 Å². The molecule has 0 saturated heterocycles. The molecule has 0 bridgehead atoms. The number of hydrogen-bond donors (Lipinski definition) is 1. The Morgan fingerprint density at radius 1 is 1.38 bits per heavy atom. The Hall–Kier alpha value is -1.10. The van der Waals surface area contributed by atoms with E-state index in [0.717, 1.165) is 0 Å². The van der Waals surface area contributed by atoms with E-state index in [4.69, 9.17) is 4.74 Å². The lowest BCUT2D eigenvalue weighted by atomic mass is 10.2. The highest BCUT2D eigenvalue weighted by atomic mass is 16.5. The molecular formula is C11H22N2O3. The second kappa shape index (κ2) is 8.10. The van der Waals surface area contributed by atoms with Crippen LogP contribution in [0.4, 0.5) is 0 Å². The highest BCUT2D eigenvalue weighted by Crippen LogP contribution is 1.99. The molecule has 0 aromatic rings. The van der Waals surface area contributed by atoms with Crippen LogP contribution < -0.4 is 5.32 Å². The van der Waals surface area contributed by atoms with Gasteiger partial charge in [0.15, 0.2) is 0 Å². The molecule has 1 amide bonds. The van der Waals surface area contributed by atoms with Crippen molar-refractivity contribution in [3.63, 3.8) is 0 Å². The van der Waals surface area contributed by atoms with E-state index in [9.17, 15) is 9.59 Å². The van der Waals surface area contributed by atoms with Crippen LogP contribution in [-0.4, -0.2) is 50.1 Å². The fraction of sp³-hybridized carbons (Fsp3) is 0.818. The van der Waals surface area contributed by atoms with Crippen LogP contribution in [-0.2, 0) is 14.3 Å². The SMILES string of the molecule is CCOC(=O)CN(CC(C)C)C(=O)CNC. The van der Waals surface area contributed by atoms with Crippen molar-refractivity contribution in [3.05, 3.63) is 0 Å².